The molecule has 0 unspecified atom stereocenters. The van der Waals surface area contributed by atoms with Gasteiger partial charge in [0.25, 0.3) is 11.9 Å². The van der Waals surface area contributed by atoms with Crippen LogP contribution in [0.4, 0.5) is 23.2 Å². The van der Waals surface area contributed by atoms with Gasteiger partial charge in [0.2, 0.25) is 11.6 Å². The average molecular weight is 355 g/mol. The fourth-order valence-corrected chi connectivity index (χ4v) is 2.18. The molecule has 25 heavy (non-hydrogen) atoms. The van der Waals surface area contributed by atoms with E-state index in [4.69, 9.17) is 9.47 Å². The van der Waals surface area contributed by atoms with E-state index in [0.717, 1.165) is 6.42 Å². The second kappa shape index (κ2) is 6.96. The highest BCUT2D eigenvalue weighted by atomic mass is 19.2. The summed E-state index contributed by atoms with van der Waals surface area (Å²) in [6.07, 6.45) is 0.746. The van der Waals surface area contributed by atoms with Gasteiger partial charge in [-0.3, -0.25) is 5.43 Å². The van der Waals surface area contributed by atoms with Gasteiger partial charge in [0.15, 0.2) is 11.5 Å². The lowest BCUT2D eigenvalue weighted by atomic mass is 10.1. The molecule has 132 valence electrons. The average Bonchev–Trinajstić information content (AvgIpc) is 2.84. The maximum Gasteiger partial charge on any atom is 0.254 e. The summed E-state index contributed by atoms with van der Waals surface area (Å²) in [5.41, 5.74) is 1.83. The fraction of sp³-hybridized carbons (Fsp3) is 0.250. The van der Waals surface area contributed by atoms with Crippen LogP contribution < -0.4 is 14.9 Å². The van der Waals surface area contributed by atoms with Crippen LogP contribution in [0, 0.1) is 23.5 Å². The van der Waals surface area contributed by atoms with Crippen molar-refractivity contribution in [3.05, 3.63) is 47.3 Å². The zero-order chi connectivity index (χ0) is 18.0. The second-order valence-electron chi connectivity index (χ2n) is 5.22. The minimum atomic E-state index is -1.76. The molecule has 2 heterocycles. The highest BCUT2D eigenvalue weighted by molar-refractivity contribution is 5.99. The molecule has 2 aromatic rings. The van der Waals surface area contributed by atoms with Gasteiger partial charge < -0.3 is 9.47 Å². The van der Waals surface area contributed by atoms with Crippen molar-refractivity contribution in [1.82, 2.24) is 4.98 Å². The van der Waals surface area contributed by atoms with Crippen LogP contribution in [0.25, 0.3) is 0 Å². The molecule has 1 aliphatic rings. The van der Waals surface area contributed by atoms with E-state index in [1.165, 1.54) is 0 Å². The maximum atomic E-state index is 13.6. The summed E-state index contributed by atoms with van der Waals surface area (Å²) in [6.45, 7) is 2.59. The molecule has 5 nitrogen and oxygen atoms in total. The Morgan fingerprint density at radius 2 is 1.68 bits per heavy atom. The van der Waals surface area contributed by atoms with Crippen LogP contribution in [-0.4, -0.2) is 23.9 Å². The topological polar surface area (TPSA) is 55.7 Å². The lowest BCUT2D eigenvalue weighted by Gasteiger charge is -2.10. The summed E-state index contributed by atoms with van der Waals surface area (Å²) < 4.78 is 64.3. The summed E-state index contributed by atoms with van der Waals surface area (Å²) >= 11 is 0. The van der Waals surface area contributed by atoms with Crippen molar-refractivity contribution in [1.29, 1.82) is 0 Å². The standard InChI is InChI=1S/C16H13F4N3O2/c1-8(9-3-4-10-11(7-9)25-6-2-5-24-10)22-23-14-12(17)15(19)21-16(20)13(14)18/h3-4,7H,2,5-6H2,1H3,(H,21,23)/b22-8-. The number of fused-ring (bicyclic) bond motifs is 1. The number of benzene rings is 1. The monoisotopic (exact) mass is 355 g/mol. The van der Waals surface area contributed by atoms with Crippen molar-refractivity contribution in [2.24, 2.45) is 5.10 Å². The fourth-order valence-electron chi connectivity index (χ4n) is 2.18. The Hall–Kier alpha value is -2.84. The minimum Gasteiger partial charge on any atom is -0.490 e. The molecule has 9 heteroatoms. The molecule has 1 aromatic carbocycles. The maximum absolute atomic E-state index is 13.6. The summed E-state index contributed by atoms with van der Waals surface area (Å²) in [4.78, 5) is 2.47. The van der Waals surface area contributed by atoms with Crippen LogP contribution >= 0.6 is 0 Å². The van der Waals surface area contributed by atoms with E-state index in [-0.39, 0.29) is 0 Å². The Morgan fingerprint density at radius 1 is 1.04 bits per heavy atom. The lowest BCUT2D eigenvalue weighted by molar-refractivity contribution is 0.297. The molecule has 1 aromatic heterocycles. The normalized spacial score (nSPS) is 14.2. The zero-order valence-corrected chi connectivity index (χ0v) is 13.1. The zero-order valence-electron chi connectivity index (χ0n) is 13.1. The molecule has 0 bridgehead atoms. The van der Waals surface area contributed by atoms with Gasteiger partial charge in [-0.05, 0) is 25.1 Å². The van der Waals surface area contributed by atoms with E-state index in [0.29, 0.717) is 36.0 Å². The molecule has 1 N–H and O–H groups in total. The van der Waals surface area contributed by atoms with Crippen LogP contribution in [0.15, 0.2) is 23.3 Å². The summed E-state index contributed by atoms with van der Waals surface area (Å²) in [6, 6.07) is 5.01. The molecular weight excluding hydrogens is 342 g/mol. The first-order chi connectivity index (χ1) is 12.0. The van der Waals surface area contributed by atoms with E-state index in [1.54, 1.807) is 25.1 Å². The first kappa shape index (κ1) is 17.0. The number of ether oxygens (including phenoxy) is 2. The Bertz CT molecular complexity index is 816. The first-order valence-corrected chi connectivity index (χ1v) is 7.37. The second-order valence-corrected chi connectivity index (χ2v) is 5.22. The van der Waals surface area contributed by atoms with E-state index >= 15 is 0 Å². The van der Waals surface area contributed by atoms with Gasteiger partial charge in [0.05, 0.1) is 18.9 Å². The lowest BCUT2D eigenvalue weighted by Crippen LogP contribution is -2.08. The number of pyridine rings is 1. The minimum absolute atomic E-state index is 0.312. The van der Waals surface area contributed by atoms with Gasteiger partial charge >= 0.3 is 0 Å². The van der Waals surface area contributed by atoms with Crippen molar-refractivity contribution >= 4 is 11.4 Å². The van der Waals surface area contributed by atoms with Gasteiger partial charge in [0, 0.05) is 12.0 Å². The quantitative estimate of drug-likeness (QED) is 0.395. The van der Waals surface area contributed by atoms with Crippen LogP contribution in [0.3, 0.4) is 0 Å². The SMILES string of the molecule is C/C(=N/Nc1c(F)c(F)nc(F)c1F)c1ccc2c(c1)OCCCO2. The Balaban J connectivity index is 1.87. The number of nitrogens with one attached hydrogen (secondary N) is 1. The number of anilines is 1. The number of rotatable bonds is 3. The summed E-state index contributed by atoms with van der Waals surface area (Å²) in [7, 11) is 0. The number of hydrogen-bond acceptors (Lipinski definition) is 5. The Kier molecular flexibility index (Phi) is 4.73. The van der Waals surface area contributed by atoms with Crippen molar-refractivity contribution < 1.29 is 27.0 Å². The number of halogens is 4. The smallest absolute Gasteiger partial charge is 0.254 e. The van der Waals surface area contributed by atoms with Crippen LogP contribution in [0.1, 0.15) is 18.9 Å². The molecule has 0 amide bonds. The van der Waals surface area contributed by atoms with E-state index < -0.39 is 29.2 Å². The molecule has 1 aliphatic heterocycles. The Labute approximate surface area is 140 Å². The van der Waals surface area contributed by atoms with E-state index in [9.17, 15) is 17.6 Å². The molecule has 0 spiro atoms. The summed E-state index contributed by atoms with van der Waals surface area (Å²) in [5.74, 6) is -5.74. The van der Waals surface area contributed by atoms with Gasteiger partial charge in [-0.15, -0.1) is 0 Å². The molecule has 0 fully saturated rings. The first-order valence-electron chi connectivity index (χ1n) is 7.37. The largest absolute Gasteiger partial charge is 0.490 e. The molecular formula is C16H13F4N3O2. The predicted octanol–water partition coefficient (Wildman–Crippen LogP) is 3.64. The van der Waals surface area contributed by atoms with Crippen LogP contribution in [0.5, 0.6) is 11.5 Å². The molecule has 0 aliphatic carbocycles. The number of hydrazone groups is 1. The highest BCUT2D eigenvalue weighted by Crippen LogP contribution is 2.30. The molecule has 0 saturated carbocycles. The summed E-state index contributed by atoms with van der Waals surface area (Å²) in [5, 5.41) is 3.77. The number of nitrogens with zero attached hydrogens (tertiary/aromatic N) is 2. The highest BCUT2D eigenvalue weighted by Gasteiger charge is 2.20. The van der Waals surface area contributed by atoms with Gasteiger partial charge in [-0.1, -0.05) is 0 Å². The van der Waals surface area contributed by atoms with Gasteiger partial charge in [0.1, 0.15) is 5.69 Å². The molecule has 0 saturated heterocycles. The van der Waals surface area contributed by atoms with Gasteiger partial charge in [-0.25, -0.2) is 0 Å². The molecule has 0 atom stereocenters. The number of aromatic nitrogens is 1. The van der Waals surface area contributed by atoms with Crippen molar-refractivity contribution in [3.8, 4) is 11.5 Å². The molecule has 3 rings (SSSR count). The predicted molar refractivity (Wildman–Crippen MR) is 82.0 cm³/mol. The van der Waals surface area contributed by atoms with Crippen LogP contribution in [-0.2, 0) is 0 Å². The van der Waals surface area contributed by atoms with E-state index in [1.807, 2.05) is 5.43 Å². The van der Waals surface area contributed by atoms with E-state index in [2.05, 4.69) is 10.1 Å². The third kappa shape index (κ3) is 3.49. The van der Waals surface area contributed by atoms with Crippen molar-refractivity contribution in [3.63, 3.8) is 0 Å². The van der Waals surface area contributed by atoms with Crippen LogP contribution in [0.2, 0.25) is 0 Å². The third-order valence-electron chi connectivity index (χ3n) is 3.50. The Morgan fingerprint density at radius 3 is 2.36 bits per heavy atom. The van der Waals surface area contributed by atoms with Crippen molar-refractivity contribution in [2.75, 3.05) is 18.6 Å². The van der Waals surface area contributed by atoms with Gasteiger partial charge in [-0.2, -0.15) is 27.6 Å². The number of hydrogen-bond donors (Lipinski definition) is 1. The molecule has 0 radical (unpaired) electrons. The van der Waals surface area contributed by atoms with Crippen molar-refractivity contribution in [2.45, 2.75) is 13.3 Å². The third-order valence-corrected chi connectivity index (χ3v) is 3.50.